The molecule has 12 rings (SSSR count). The maximum Gasteiger partial charge on any atom is 0.124 e. The van der Waals surface area contributed by atoms with Crippen molar-refractivity contribution >= 4 is 43.1 Å². The van der Waals surface area contributed by atoms with Crippen molar-refractivity contribution in [2.45, 2.75) is 218 Å². The molecule has 4 nitrogen and oxygen atoms in total. The van der Waals surface area contributed by atoms with Gasteiger partial charge < -0.3 is 0 Å². The van der Waals surface area contributed by atoms with Crippen LogP contribution in [0, 0.1) is 0 Å². The quantitative estimate of drug-likeness (QED) is 0.0385. The first kappa shape index (κ1) is 61.6. The number of pyridine rings is 2. The fraction of sp³-hybridized carbons (Fsp3) is 0.415. The molecule has 6 heteroatoms. The van der Waals surface area contributed by atoms with Gasteiger partial charge in [0.15, 0.2) is 0 Å². The van der Waals surface area contributed by atoms with E-state index in [1.165, 1.54) is 256 Å². The monoisotopic (exact) mass is 1200 g/mol. The molecular weight excluding hydrogens is 1110 g/mol. The topological polar surface area (TPSA) is 51.6 Å². The molecule has 0 atom stereocenters. The Labute approximate surface area is 535 Å². The SMILES string of the molecule is CCCCCCCCC1(CCCCCCCC)c2cc(-c3ccc(-c4ccc(-c5ccc6c(c5)C(CCCCCCCC)(CCCCCCCC)c5cc(-c7nc8ccccc8s7)ccc5-6)cn4)nc3)ccc2-c2ccc(-c3nc4ccccc4s3)cc21. The molecule has 0 bridgehead atoms. The van der Waals surface area contributed by atoms with Gasteiger partial charge in [-0.25, -0.2) is 9.97 Å². The Morgan fingerprint density at radius 3 is 0.909 bits per heavy atom. The third-order valence-corrected chi connectivity index (χ3v) is 22.3. The van der Waals surface area contributed by atoms with Crippen LogP contribution < -0.4 is 0 Å². The molecule has 0 fully saturated rings. The summed E-state index contributed by atoms with van der Waals surface area (Å²) in [6.45, 7) is 9.30. The standard InChI is InChI=1S/C82H94N4S2/c1-5-9-13-17-21-29-49-81(50-30-22-18-14-10-6-2)69-53-59(37-43-65(69)67-45-39-61(55-71(67)81)79-85-75-33-25-27-35-77(75)87-79)63-41-47-73(83-57-63)74-48-42-64(58-84-74)60-38-44-66-68-46-40-62(80-86-76-34-26-28-36-78(76)88-80)56-72(68)82(70(66)54-60,51-31-23-19-15-11-7-3)52-32-24-20-16-12-8-4/h25-28,33-48,53-58H,5-24,29-32,49-52H2,1-4H3. The second kappa shape index (κ2) is 29.4. The zero-order valence-corrected chi connectivity index (χ0v) is 55.0. The predicted octanol–water partition coefficient (Wildman–Crippen LogP) is 25.6. The summed E-state index contributed by atoms with van der Waals surface area (Å²) in [7, 11) is 0. The van der Waals surface area contributed by atoms with Crippen molar-refractivity contribution in [2.75, 3.05) is 0 Å². The Balaban J connectivity index is 0.839. The van der Waals surface area contributed by atoms with Crippen molar-refractivity contribution in [3.8, 4) is 77.0 Å². The summed E-state index contributed by atoms with van der Waals surface area (Å²) < 4.78 is 2.50. The minimum atomic E-state index is -0.0602. The van der Waals surface area contributed by atoms with E-state index in [1.54, 1.807) is 0 Å². The zero-order valence-electron chi connectivity index (χ0n) is 53.4. The Morgan fingerprint density at radius 2 is 0.591 bits per heavy atom. The average molecular weight is 1200 g/mol. The molecule has 6 aromatic carbocycles. The molecule has 454 valence electrons. The third kappa shape index (κ3) is 13.3. The van der Waals surface area contributed by atoms with Gasteiger partial charge in [-0.15, -0.1) is 22.7 Å². The number of hydrogen-bond acceptors (Lipinski definition) is 6. The second-order valence-corrected chi connectivity index (χ2v) is 28.2. The number of para-hydroxylation sites is 2. The number of fused-ring (bicyclic) bond motifs is 8. The highest BCUT2D eigenvalue weighted by molar-refractivity contribution is 7.22. The summed E-state index contributed by atoms with van der Waals surface area (Å²) >= 11 is 3.65. The molecule has 0 saturated carbocycles. The Kier molecular flexibility index (Phi) is 20.6. The van der Waals surface area contributed by atoms with E-state index in [2.05, 4.69) is 186 Å². The minimum absolute atomic E-state index is 0.0602. The summed E-state index contributed by atoms with van der Waals surface area (Å²) in [4.78, 5) is 20.8. The van der Waals surface area contributed by atoms with Crippen LogP contribution in [0.15, 0.2) is 158 Å². The first-order chi connectivity index (χ1) is 43.4. The van der Waals surface area contributed by atoms with Gasteiger partial charge in [-0.3, -0.25) is 9.97 Å². The lowest BCUT2D eigenvalue weighted by Crippen LogP contribution is -2.25. The van der Waals surface area contributed by atoms with E-state index in [-0.39, 0.29) is 10.8 Å². The van der Waals surface area contributed by atoms with Crippen LogP contribution in [-0.2, 0) is 10.8 Å². The number of thiazole rings is 2. The number of unbranched alkanes of at least 4 members (excludes halogenated alkanes) is 20. The summed E-state index contributed by atoms with van der Waals surface area (Å²) in [6.07, 6.45) is 40.0. The van der Waals surface area contributed by atoms with Crippen LogP contribution in [0.5, 0.6) is 0 Å². The molecule has 2 aliphatic carbocycles. The van der Waals surface area contributed by atoms with Gasteiger partial charge in [-0.05, 0) is 142 Å². The van der Waals surface area contributed by atoms with Crippen LogP contribution in [0.4, 0.5) is 0 Å². The summed E-state index contributed by atoms with van der Waals surface area (Å²) in [5.74, 6) is 0. The van der Waals surface area contributed by atoms with Gasteiger partial charge in [-0.1, -0.05) is 267 Å². The molecule has 10 aromatic rings. The van der Waals surface area contributed by atoms with Gasteiger partial charge in [0.2, 0.25) is 0 Å². The van der Waals surface area contributed by atoms with E-state index in [9.17, 15) is 0 Å². The molecule has 0 aliphatic heterocycles. The van der Waals surface area contributed by atoms with Crippen molar-refractivity contribution in [3.63, 3.8) is 0 Å². The lowest BCUT2D eigenvalue weighted by Gasteiger charge is -2.33. The van der Waals surface area contributed by atoms with Crippen LogP contribution in [0.25, 0.3) is 97.5 Å². The highest BCUT2D eigenvalue weighted by Crippen LogP contribution is 2.58. The van der Waals surface area contributed by atoms with Crippen molar-refractivity contribution in [2.24, 2.45) is 0 Å². The molecule has 4 heterocycles. The third-order valence-electron chi connectivity index (χ3n) is 20.1. The Hall–Kier alpha value is -6.60. The molecule has 2 aliphatic rings. The maximum atomic E-state index is 5.19. The van der Waals surface area contributed by atoms with Crippen LogP contribution in [0.3, 0.4) is 0 Å². The van der Waals surface area contributed by atoms with Crippen LogP contribution >= 0.6 is 22.7 Å². The Morgan fingerprint density at radius 1 is 0.295 bits per heavy atom. The number of benzene rings is 6. The van der Waals surface area contributed by atoms with Gasteiger partial charge >= 0.3 is 0 Å². The number of rotatable bonds is 33. The summed E-state index contributed by atoms with van der Waals surface area (Å²) in [6, 6.07) is 55.5. The number of nitrogens with zero attached hydrogens (tertiary/aromatic N) is 4. The summed E-state index contributed by atoms with van der Waals surface area (Å²) in [5.41, 5.74) is 22.8. The van der Waals surface area contributed by atoms with Gasteiger partial charge in [0, 0.05) is 45.5 Å². The van der Waals surface area contributed by atoms with Crippen LogP contribution in [-0.4, -0.2) is 19.9 Å². The largest absolute Gasteiger partial charge is 0.254 e. The maximum absolute atomic E-state index is 5.19. The first-order valence-corrected chi connectivity index (χ1v) is 36.3. The first-order valence-electron chi connectivity index (χ1n) is 34.7. The lowest BCUT2D eigenvalue weighted by atomic mass is 9.70. The van der Waals surface area contributed by atoms with Gasteiger partial charge in [0.25, 0.3) is 0 Å². The van der Waals surface area contributed by atoms with Crippen molar-refractivity contribution in [1.82, 2.24) is 19.9 Å². The predicted molar refractivity (Wildman–Crippen MR) is 380 cm³/mol. The zero-order chi connectivity index (χ0) is 60.1. The molecule has 0 saturated heterocycles. The molecule has 0 unspecified atom stereocenters. The second-order valence-electron chi connectivity index (χ2n) is 26.1. The van der Waals surface area contributed by atoms with Crippen molar-refractivity contribution < 1.29 is 0 Å². The number of aromatic nitrogens is 4. The smallest absolute Gasteiger partial charge is 0.124 e. The fourth-order valence-electron chi connectivity index (χ4n) is 15.2. The highest BCUT2D eigenvalue weighted by Gasteiger charge is 2.44. The normalized spacial score (nSPS) is 13.5. The van der Waals surface area contributed by atoms with Crippen molar-refractivity contribution in [3.05, 3.63) is 180 Å². The van der Waals surface area contributed by atoms with E-state index < -0.39 is 0 Å². The van der Waals surface area contributed by atoms with Crippen LogP contribution in [0.1, 0.15) is 230 Å². The molecular formula is C82H94N4S2. The highest BCUT2D eigenvalue weighted by atomic mass is 32.1. The van der Waals surface area contributed by atoms with Crippen LogP contribution in [0.2, 0.25) is 0 Å². The fourth-order valence-corrected chi connectivity index (χ4v) is 17.1. The van der Waals surface area contributed by atoms with E-state index in [0.29, 0.717) is 0 Å². The van der Waals surface area contributed by atoms with E-state index >= 15 is 0 Å². The van der Waals surface area contributed by atoms with Gasteiger partial charge in [0.1, 0.15) is 10.0 Å². The van der Waals surface area contributed by atoms with E-state index in [0.717, 1.165) is 43.6 Å². The van der Waals surface area contributed by atoms with Gasteiger partial charge in [0.05, 0.1) is 31.8 Å². The van der Waals surface area contributed by atoms with E-state index in [4.69, 9.17) is 19.9 Å². The Bertz CT molecular complexity index is 3550. The molecule has 0 N–H and O–H groups in total. The van der Waals surface area contributed by atoms with Crippen molar-refractivity contribution in [1.29, 1.82) is 0 Å². The molecule has 0 spiro atoms. The van der Waals surface area contributed by atoms with Gasteiger partial charge in [-0.2, -0.15) is 0 Å². The number of hydrogen-bond donors (Lipinski definition) is 0. The lowest BCUT2D eigenvalue weighted by molar-refractivity contribution is 0.398. The molecule has 0 amide bonds. The molecule has 4 aromatic heterocycles. The summed E-state index contributed by atoms with van der Waals surface area (Å²) in [5, 5.41) is 2.24. The van der Waals surface area contributed by atoms with E-state index in [1.807, 2.05) is 22.7 Å². The minimum Gasteiger partial charge on any atom is -0.254 e. The molecule has 0 radical (unpaired) electrons. The molecule has 88 heavy (non-hydrogen) atoms. The average Bonchev–Trinajstić information content (AvgIpc) is 1.68.